The van der Waals surface area contributed by atoms with E-state index in [1.807, 2.05) is 0 Å². The van der Waals surface area contributed by atoms with Gasteiger partial charge in [-0.25, -0.2) is 0 Å². The minimum absolute atomic E-state index is 0.841. The Morgan fingerprint density at radius 1 is 1.12 bits per heavy atom. The first kappa shape index (κ1) is 11.5. The molecule has 0 atom stereocenters. The van der Waals surface area contributed by atoms with E-state index in [9.17, 15) is 0 Å². The van der Waals surface area contributed by atoms with Crippen LogP contribution in [0.3, 0.4) is 0 Å². The molecule has 0 N–H and O–H groups in total. The number of anilines is 1. The van der Waals surface area contributed by atoms with Crippen LogP contribution in [-0.2, 0) is 0 Å². The molecule has 0 bridgehead atoms. The van der Waals surface area contributed by atoms with Gasteiger partial charge >= 0.3 is 0 Å². The summed E-state index contributed by atoms with van der Waals surface area (Å²) in [5, 5.41) is 0. The quantitative estimate of drug-likeness (QED) is 0.827. The molecule has 0 radical (unpaired) electrons. The van der Waals surface area contributed by atoms with Crippen LogP contribution >= 0.6 is 15.9 Å². The van der Waals surface area contributed by atoms with Crippen LogP contribution in [0.25, 0.3) is 0 Å². The molecule has 0 spiro atoms. The lowest BCUT2D eigenvalue weighted by atomic mass is 10.1. The Bertz CT molecular complexity index is 407. The Morgan fingerprint density at radius 2 is 1.82 bits per heavy atom. The molecule has 3 rings (SSSR count). The van der Waals surface area contributed by atoms with Crippen molar-refractivity contribution in [3.63, 3.8) is 0 Å². The zero-order valence-corrected chi connectivity index (χ0v) is 11.9. The van der Waals surface area contributed by atoms with Crippen molar-refractivity contribution in [3.05, 3.63) is 28.2 Å². The molecule has 1 aromatic rings. The Hall–Kier alpha value is -0.540. The molecule has 2 fully saturated rings. The molecule has 0 unspecified atom stereocenters. The summed E-state index contributed by atoms with van der Waals surface area (Å²) in [6.45, 7) is 4.60. The van der Waals surface area contributed by atoms with Gasteiger partial charge in [-0.3, -0.25) is 0 Å². The van der Waals surface area contributed by atoms with Gasteiger partial charge in [0.2, 0.25) is 0 Å². The van der Waals surface area contributed by atoms with Crippen LogP contribution in [0.2, 0.25) is 0 Å². The molecule has 92 valence electrons. The van der Waals surface area contributed by atoms with E-state index in [2.05, 4.69) is 51.0 Å². The average molecular weight is 295 g/mol. The minimum atomic E-state index is 0.841. The molecule has 1 aromatic carbocycles. The maximum atomic E-state index is 3.74. The van der Waals surface area contributed by atoms with Crippen molar-refractivity contribution in [1.29, 1.82) is 0 Å². The SMILES string of the molecule is CN1CCN(c2ccc(C3CC3)cc2Br)CC1. The van der Waals surface area contributed by atoms with Gasteiger partial charge in [-0.05, 0) is 59.4 Å². The lowest BCUT2D eigenvalue weighted by Gasteiger charge is -2.34. The van der Waals surface area contributed by atoms with Crippen molar-refractivity contribution < 1.29 is 0 Å². The van der Waals surface area contributed by atoms with Crippen molar-refractivity contribution >= 4 is 21.6 Å². The van der Waals surface area contributed by atoms with E-state index in [1.54, 1.807) is 0 Å². The summed E-state index contributed by atoms with van der Waals surface area (Å²) in [4.78, 5) is 4.88. The third-order valence-corrected chi connectivity index (χ3v) is 4.50. The van der Waals surface area contributed by atoms with Crippen LogP contribution in [0, 0.1) is 0 Å². The van der Waals surface area contributed by atoms with E-state index in [4.69, 9.17) is 0 Å². The van der Waals surface area contributed by atoms with Gasteiger partial charge in [0.15, 0.2) is 0 Å². The van der Waals surface area contributed by atoms with E-state index < -0.39 is 0 Å². The fourth-order valence-corrected chi connectivity index (χ4v) is 3.14. The van der Waals surface area contributed by atoms with Crippen LogP contribution < -0.4 is 4.90 Å². The summed E-state index contributed by atoms with van der Waals surface area (Å²) in [6, 6.07) is 6.93. The largest absolute Gasteiger partial charge is 0.368 e. The lowest BCUT2D eigenvalue weighted by Crippen LogP contribution is -2.44. The van der Waals surface area contributed by atoms with Crippen LogP contribution in [0.1, 0.15) is 24.3 Å². The number of benzene rings is 1. The highest BCUT2D eigenvalue weighted by Crippen LogP contribution is 2.42. The van der Waals surface area contributed by atoms with Gasteiger partial charge in [-0.15, -0.1) is 0 Å². The van der Waals surface area contributed by atoms with Gasteiger partial charge in [0.25, 0.3) is 0 Å². The standard InChI is InChI=1S/C14H19BrN2/c1-16-6-8-17(9-7-16)14-5-4-12(10-13(14)15)11-2-3-11/h4-5,10-11H,2-3,6-9H2,1H3. The minimum Gasteiger partial charge on any atom is -0.368 e. The summed E-state index contributed by atoms with van der Waals surface area (Å²) in [6.07, 6.45) is 2.75. The van der Waals surface area contributed by atoms with Crippen LogP contribution in [-0.4, -0.2) is 38.1 Å². The highest BCUT2D eigenvalue weighted by molar-refractivity contribution is 9.10. The zero-order valence-electron chi connectivity index (χ0n) is 10.3. The normalized spacial score (nSPS) is 21.9. The number of halogens is 1. The van der Waals surface area contributed by atoms with Gasteiger partial charge in [0.1, 0.15) is 0 Å². The summed E-state index contributed by atoms with van der Waals surface area (Å²) < 4.78 is 1.27. The summed E-state index contributed by atoms with van der Waals surface area (Å²) in [5.74, 6) is 0.841. The molecule has 1 aliphatic heterocycles. The predicted octanol–water partition coefficient (Wildman–Crippen LogP) is 3.08. The first-order valence-corrected chi connectivity index (χ1v) is 7.26. The number of piperazine rings is 1. The smallest absolute Gasteiger partial charge is 0.0511 e. The van der Waals surface area contributed by atoms with E-state index in [0.29, 0.717) is 0 Å². The lowest BCUT2D eigenvalue weighted by molar-refractivity contribution is 0.312. The Morgan fingerprint density at radius 3 is 2.41 bits per heavy atom. The molecule has 0 amide bonds. The van der Waals surface area contributed by atoms with E-state index in [1.165, 1.54) is 28.6 Å². The summed E-state index contributed by atoms with van der Waals surface area (Å²) in [5.41, 5.74) is 2.87. The molecule has 2 aliphatic rings. The fourth-order valence-electron chi connectivity index (χ4n) is 2.50. The van der Waals surface area contributed by atoms with Crippen molar-refractivity contribution in [3.8, 4) is 0 Å². The molecular weight excluding hydrogens is 276 g/mol. The molecule has 1 saturated carbocycles. The molecule has 0 aromatic heterocycles. The van der Waals surface area contributed by atoms with Crippen molar-refractivity contribution in [1.82, 2.24) is 4.90 Å². The van der Waals surface area contributed by atoms with Crippen LogP contribution in [0.15, 0.2) is 22.7 Å². The summed E-state index contributed by atoms with van der Waals surface area (Å²) >= 11 is 3.74. The number of likely N-dealkylation sites (N-methyl/N-ethyl adjacent to an activating group) is 1. The van der Waals surface area contributed by atoms with Gasteiger partial charge in [0, 0.05) is 30.7 Å². The highest BCUT2D eigenvalue weighted by Gasteiger charge is 2.24. The number of hydrogen-bond donors (Lipinski definition) is 0. The monoisotopic (exact) mass is 294 g/mol. The molecular formula is C14H19BrN2. The Kier molecular flexibility index (Phi) is 3.14. The molecule has 2 nitrogen and oxygen atoms in total. The maximum Gasteiger partial charge on any atom is 0.0511 e. The van der Waals surface area contributed by atoms with Crippen LogP contribution in [0.4, 0.5) is 5.69 Å². The predicted molar refractivity (Wildman–Crippen MR) is 75.8 cm³/mol. The molecule has 17 heavy (non-hydrogen) atoms. The third-order valence-electron chi connectivity index (χ3n) is 3.86. The fraction of sp³-hybridized carbons (Fsp3) is 0.571. The molecule has 1 saturated heterocycles. The zero-order chi connectivity index (χ0) is 11.8. The Balaban J connectivity index is 1.78. The van der Waals surface area contributed by atoms with Crippen molar-refractivity contribution in [2.45, 2.75) is 18.8 Å². The van der Waals surface area contributed by atoms with Crippen molar-refractivity contribution in [2.24, 2.45) is 0 Å². The van der Waals surface area contributed by atoms with E-state index in [-0.39, 0.29) is 0 Å². The van der Waals surface area contributed by atoms with Gasteiger partial charge in [0.05, 0.1) is 5.69 Å². The van der Waals surface area contributed by atoms with E-state index >= 15 is 0 Å². The van der Waals surface area contributed by atoms with Gasteiger partial charge in [-0.1, -0.05) is 6.07 Å². The second kappa shape index (κ2) is 4.62. The highest BCUT2D eigenvalue weighted by atomic mass is 79.9. The number of hydrogen-bond acceptors (Lipinski definition) is 2. The second-order valence-electron chi connectivity index (χ2n) is 5.28. The number of nitrogens with zero attached hydrogens (tertiary/aromatic N) is 2. The maximum absolute atomic E-state index is 3.74. The Labute approximate surface area is 112 Å². The molecule has 1 heterocycles. The van der Waals surface area contributed by atoms with Crippen molar-refractivity contribution in [2.75, 3.05) is 38.1 Å². The topological polar surface area (TPSA) is 6.48 Å². The van der Waals surface area contributed by atoms with E-state index in [0.717, 1.165) is 32.1 Å². The molecule has 1 aliphatic carbocycles. The second-order valence-corrected chi connectivity index (χ2v) is 6.13. The first-order chi connectivity index (χ1) is 8.24. The first-order valence-electron chi connectivity index (χ1n) is 6.47. The van der Waals surface area contributed by atoms with Crippen LogP contribution in [0.5, 0.6) is 0 Å². The summed E-state index contributed by atoms with van der Waals surface area (Å²) in [7, 11) is 2.20. The third kappa shape index (κ3) is 2.50. The molecule has 3 heteroatoms. The van der Waals surface area contributed by atoms with Gasteiger partial charge < -0.3 is 9.80 Å². The number of rotatable bonds is 2. The average Bonchev–Trinajstić information content (AvgIpc) is 3.14. The van der Waals surface area contributed by atoms with Gasteiger partial charge in [-0.2, -0.15) is 0 Å².